The summed E-state index contributed by atoms with van der Waals surface area (Å²) in [7, 11) is 2.05. The average molecular weight is 245 g/mol. The fourth-order valence-electron chi connectivity index (χ4n) is 0.787. The molecule has 1 amide bonds. The van der Waals surface area contributed by atoms with Gasteiger partial charge in [-0.25, -0.2) is 14.4 Å². The van der Waals surface area contributed by atoms with Crippen molar-refractivity contribution in [2.75, 3.05) is 14.2 Å². The second-order valence-corrected chi connectivity index (χ2v) is 2.66. The van der Waals surface area contributed by atoms with Crippen LogP contribution in [0.15, 0.2) is 12.2 Å². The summed E-state index contributed by atoms with van der Waals surface area (Å²) in [6.45, 7) is 0. The number of nitrogens with one attached hydrogen (secondary N) is 1. The number of carbonyl (C=O) groups is 4. The molecule has 17 heavy (non-hydrogen) atoms. The molecule has 2 N–H and O–H groups in total. The zero-order chi connectivity index (χ0) is 13.4. The van der Waals surface area contributed by atoms with E-state index < -0.39 is 29.9 Å². The molecule has 0 aromatic carbocycles. The molecular weight excluding hydrogens is 234 g/mol. The molecule has 0 saturated carbocycles. The van der Waals surface area contributed by atoms with Crippen molar-refractivity contribution in [2.24, 2.45) is 0 Å². The highest BCUT2D eigenvalue weighted by Crippen LogP contribution is 1.92. The lowest BCUT2D eigenvalue weighted by atomic mass is 10.3. The van der Waals surface area contributed by atoms with Crippen molar-refractivity contribution in [3.63, 3.8) is 0 Å². The van der Waals surface area contributed by atoms with E-state index in [1.54, 1.807) is 0 Å². The highest BCUT2D eigenvalue weighted by Gasteiger charge is 2.29. The van der Waals surface area contributed by atoms with Crippen LogP contribution in [0.25, 0.3) is 0 Å². The average Bonchev–Trinajstić information content (AvgIpc) is 2.31. The molecule has 0 aromatic heterocycles. The van der Waals surface area contributed by atoms with Gasteiger partial charge >= 0.3 is 17.9 Å². The second-order valence-electron chi connectivity index (χ2n) is 2.66. The fraction of sp³-hybridized carbons (Fsp3) is 0.333. The van der Waals surface area contributed by atoms with Gasteiger partial charge in [0.25, 0.3) is 0 Å². The van der Waals surface area contributed by atoms with Crippen LogP contribution in [0.1, 0.15) is 0 Å². The number of carbonyl (C=O) groups excluding carboxylic acids is 3. The summed E-state index contributed by atoms with van der Waals surface area (Å²) in [6, 6.07) is -1.63. The van der Waals surface area contributed by atoms with E-state index >= 15 is 0 Å². The minimum absolute atomic E-state index is 0.556. The second kappa shape index (κ2) is 6.99. The number of hydrogen-bond donors (Lipinski definition) is 2. The molecule has 94 valence electrons. The van der Waals surface area contributed by atoms with Crippen LogP contribution >= 0.6 is 0 Å². The first-order valence-electron chi connectivity index (χ1n) is 4.29. The van der Waals surface area contributed by atoms with Gasteiger partial charge in [-0.3, -0.25) is 4.79 Å². The number of rotatable bonds is 5. The van der Waals surface area contributed by atoms with E-state index in [2.05, 4.69) is 9.47 Å². The summed E-state index contributed by atoms with van der Waals surface area (Å²) in [5.41, 5.74) is 0. The lowest BCUT2D eigenvalue weighted by Gasteiger charge is -2.12. The van der Waals surface area contributed by atoms with Crippen molar-refractivity contribution in [3.05, 3.63) is 12.2 Å². The zero-order valence-electron chi connectivity index (χ0n) is 9.13. The minimum atomic E-state index is -1.63. The van der Waals surface area contributed by atoms with Gasteiger partial charge in [-0.1, -0.05) is 0 Å². The van der Waals surface area contributed by atoms with Crippen molar-refractivity contribution < 1.29 is 33.8 Å². The molecular formula is C9H11NO7. The van der Waals surface area contributed by atoms with E-state index in [0.717, 1.165) is 14.2 Å². The molecule has 8 nitrogen and oxygen atoms in total. The Bertz CT molecular complexity index is 344. The van der Waals surface area contributed by atoms with E-state index in [0.29, 0.717) is 12.2 Å². The Balaban J connectivity index is 4.65. The fourth-order valence-corrected chi connectivity index (χ4v) is 0.787. The normalized spacial score (nSPS) is 10.1. The van der Waals surface area contributed by atoms with Crippen molar-refractivity contribution >= 4 is 23.8 Å². The maximum atomic E-state index is 11.1. The number of hydrogen-bond acceptors (Lipinski definition) is 6. The van der Waals surface area contributed by atoms with Gasteiger partial charge in [-0.2, -0.15) is 0 Å². The number of amides is 1. The molecule has 0 heterocycles. The molecule has 0 fully saturated rings. The Labute approximate surface area is 96.2 Å². The summed E-state index contributed by atoms with van der Waals surface area (Å²) >= 11 is 0. The monoisotopic (exact) mass is 245 g/mol. The smallest absolute Gasteiger partial charge is 0.340 e. The first-order valence-corrected chi connectivity index (χ1v) is 4.29. The number of methoxy groups -OCH3 is 2. The molecule has 0 atom stereocenters. The van der Waals surface area contributed by atoms with Gasteiger partial charge in [-0.15, -0.1) is 0 Å². The van der Waals surface area contributed by atoms with E-state index in [1.165, 1.54) is 0 Å². The standard InChI is InChI=1S/C9H11NO7/c1-16-8(14)7(9(15)17-2)10-5(11)3-4-6(12)13/h3-4,7H,1-2H3,(H,10,11)(H,12,13)/b4-3-. The summed E-state index contributed by atoms with van der Waals surface area (Å²) in [5.74, 6) is -4.32. The van der Waals surface area contributed by atoms with Gasteiger partial charge in [0, 0.05) is 12.2 Å². The first kappa shape index (κ1) is 14.6. The van der Waals surface area contributed by atoms with Gasteiger partial charge in [0.05, 0.1) is 14.2 Å². The maximum absolute atomic E-state index is 11.1. The van der Waals surface area contributed by atoms with E-state index in [9.17, 15) is 19.2 Å². The third-order valence-electron chi connectivity index (χ3n) is 1.54. The Kier molecular flexibility index (Phi) is 6.01. The summed E-state index contributed by atoms with van der Waals surface area (Å²) in [5, 5.41) is 10.2. The predicted octanol–water partition coefficient (Wildman–Crippen LogP) is -1.54. The van der Waals surface area contributed by atoms with Crippen LogP contribution in [0.2, 0.25) is 0 Å². The molecule has 0 spiro atoms. The summed E-state index contributed by atoms with van der Waals surface area (Å²) in [6.07, 6.45) is 1.21. The third kappa shape index (κ3) is 5.30. The van der Waals surface area contributed by atoms with Crippen molar-refractivity contribution in [1.82, 2.24) is 5.32 Å². The number of ether oxygens (including phenoxy) is 2. The SMILES string of the molecule is COC(=O)C(NC(=O)/C=C\C(=O)O)C(=O)OC. The van der Waals surface area contributed by atoms with Crippen LogP contribution in [0.4, 0.5) is 0 Å². The first-order chi connectivity index (χ1) is 7.92. The van der Waals surface area contributed by atoms with Gasteiger partial charge < -0.3 is 19.9 Å². The molecule has 0 aliphatic carbocycles. The van der Waals surface area contributed by atoms with Crippen molar-refractivity contribution in [3.8, 4) is 0 Å². The van der Waals surface area contributed by atoms with Gasteiger partial charge in [0.1, 0.15) is 0 Å². The van der Waals surface area contributed by atoms with Gasteiger partial charge in [0.15, 0.2) is 0 Å². The third-order valence-corrected chi connectivity index (χ3v) is 1.54. The molecule has 0 aliphatic heterocycles. The quantitative estimate of drug-likeness (QED) is 0.342. The zero-order valence-corrected chi connectivity index (χ0v) is 9.13. The molecule has 0 saturated heterocycles. The molecule has 0 unspecified atom stereocenters. The lowest BCUT2D eigenvalue weighted by Crippen LogP contribution is -2.47. The van der Waals surface area contributed by atoms with Crippen molar-refractivity contribution in [2.45, 2.75) is 6.04 Å². The lowest BCUT2D eigenvalue weighted by molar-refractivity contribution is -0.156. The van der Waals surface area contributed by atoms with Gasteiger partial charge in [0.2, 0.25) is 11.9 Å². The van der Waals surface area contributed by atoms with E-state index in [4.69, 9.17) is 5.11 Å². The number of carboxylic acids is 1. The maximum Gasteiger partial charge on any atom is 0.340 e. The van der Waals surface area contributed by atoms with Crippen LogP contribution in [0.3, 0.4) is 0 Å². The molecule has 0 radical (unpaired) electrons. The highest BCUT2D eigenvalue weighted by molar-refractivity contribution is 6.04. The number of esters is 2. The Morgan fingerprint density at radius 3 is 1.88 bits per heavy atom. The highest BCUT2D eigenvalue weighted by atomic mass is 16.5. The minimum Gasteiger partial charge on any atom is -0.478 e. The largest absolute Gasteiger partial charge is 0.478 e. The topological polar surface area (TPSA) is 119 Å². The Hall–Kier alpha value is -2.38. The van der Waals surface area contributed by atoms with Crippen LogP contribution in [0.5, 0.6) is 0 Å². The van der Waals surface area contributed by atoms with Crippen LogP contribution in [-0.2, 0) is 28.7 Å². The summed E-state index contributed by atoms with van der Waals surface area (Å²) in [4.78, 5) is 43.5. The molecule has 8 heteroatoms. The molecule has 0 bridgehead atoms. The van der Waals surface area contributed by atoms with Crippen LogP contribution in [0, 0.1) is 0 Å². The summed E-state index contributed by atoms with van der Waals surface area (Å²) < 4.78 is 8.53. The number of carboxylic acid groups (broad SMARTS) is 1. The predicted molar refractivity (Wildman–Crippen MR) is 52.7 cm³/mol. The van der Waals surface area contributed by atoms with E-state index in [-0.39, 0.29) is 0 Å². The number of aliphatic carboxylic acids is 1. The Morgan fingerprint density at radius 2 is 1.53 bits per heavy atom. The Morgan fingerprint density at radius 1 is 1.06 bits per heavy atom. The van der Waals surface area contributed by atoms with Crippen LogP contribution in [-0.4, -0.2) is 49.2 Å². The molecule has 0 aromatic rings. The van der Waals surface area contributed by atoms with Gasteiger partial charge in [-0.05, 0) is 0 Å². The van der Waals surface area contributed by atoms with Crippen molar-refractivity contribution in [1.29, 1.82) is 0 Å². The molecule has 0 aliphatic rings. The van der Waals surface area contributed by atoms with E-state index in [1.807, 2.05) is 5.32 Å². The van der Waals surface area contributed by atoms with Crippen LogP contribution < -0.4 is 5.32 Å². The molecule has 0 rings (SSSR count).